The van der Waals surface area contributed by atoms with Crippen LogP contribution < -0.4 is 10.6 Å². The van der Waals surface area contributed by atoms with E-state index in [9.17, 15) is 9.59 Å². The Morgan fingerprint density at radius 3 is 2.36 bits per heavy atom. The van der Waals surface area contributed by atoms with Crippen LogP contribution in [0.5, 0.6) is 0 Å². The molecule has 25 heavy (non-hydrogen) atoms. The zero-order valence-electron chi connectivity index (χ0n) is 14.1. The molecule has 132 valence electrons. The molecular formula is C19H20Cl2N2O2. The molecule has 0 unspecified atom stereocenters. The maximum Gasteiger partial charge on any atom is 0.239 e. The topological polar surface area (TPSA) is 58.2 Å². The molecule has 0 atom stereocenters. The molecule has 0 fully saturated rings. The number of amides is 2. The van der Waals surface area contributed by atoms with Crippen molar-refractivity contribution < 1.29 is 9.59 Å². The monoisotopic (exact) mass is 378 g/mol. The minimum absolute atomic E-state index is 0.348. The molecule has 0 aliphatic carbocycles. The fraction of sp³-hybridized carbons (Fsp3) is 0.263. The van der Waals surface area contributed by atoms with Crippen LogP contribution in [0.15, 0.2) is 48.5 Å². The van der Waals surface area contributed by atoms with E-state index in [0.29, 0.717) is 28.7 Å². The largest absolute Gasteiger partial charge is 0.355 e. The lowest BCUT2D eigenvalue weighted by atomic mass is 9.91. The van der Waals surface area contributed by atoms with Crippen LogP contribution in [0.3, 0.4) is 0 Å². The smallest absolute Gasteiger partial charge is 0.239 e. The van der Waals surface area contributed by atoms with Gasteiger partial charge in [0.25, 0.3) is 0 Å². The molecule has 0 aromatic heterocycles. The van der Waals surface area contributed by atoms with Crippen LogP contribution in [0.25, 0.3) is 0 Å². The van der Waals surface area contributed by atoms with E-state index in [1.165, 1.54) is 0 Å². The summed E-state index contributed by atoms with van der Waals surface area (Å²) in [5, 5.41) is 6.28. The van der Waals surface area contributed by atoms with E-state index >= 15 is 0 Å². The Morgan fingerprint density at radius 1 is 1.00 bits per heavy atom. The van der Waals surface area contributed by atoms with Gasteiger partial charge in [0, 0.05) is 11.6 Å². The summed E-state index contributed by atoms with van der Waals surface area (Å²) in [6.07, 6.45) is 0.699. The van der Waals surface area contributed by atoms with Gasteiger partial charge in [-0.1, -0.05) is 53.5 Å². The molecule has 0 bridgehead atoms. The van der Waals surface area contributed by atoms with Crippen molar-refractivity contribution >= 4 is 40.7 Å². The predicted octanol–water partition coefficient (Wildman–Crippen LogP) is 4.32. The quantitative estimate of drug-likeness (QED) is 0.735. The van der Waals surface area contributed by atoms with Gasteiger partial charge in [0.2, 0.25) is 11.8 Å². The zero-order chi connectivity index (χ0) is 18.4. The number of carbonyl (C=O) groups is 2. The Labute approximate surface area is 157 Å². The third-order valence-corrected chi connectivity index (χ3v) is 4.42. The second-order valence-corrected chi connectivity index (χ2v) is 7.04. The molecule has 0 saturated carbocycles. The van der Waals surface area contributed by atoms with Crippen molar-refractivity contribution in [3.05, 3.63) is 64.1 Å². The van der Waals surface area contributed by atoms with E-state index in [2.05, 4.69) is 10.6 Å². The van der Waals surface area contributed by atoms with Crippen LogP contribution in [0.4, 0.5) is 5.69 Å². The molecule has 2 rings (SSSR count). The number of benzene rings is 2. The lowest BCUT2D eigenvalue weighted by Crippen LogP contribution is -2.45. The van der Waals surface area contributed by atoms with Crippen molar-refractivity contribution in [1.82, 2.24) is 5.32 Å². The number of anilines is 1. The van der Waals surface area contributed by atoms with Gasteiger partial charge >= 0.3 is 0 Å². The Balaban J connectivity index is 1.95. The molecule has 0 saturated heterocycles. The molecule has 2 amide bonds. The van der Waals surface area contributed by atoms with Gasteiger partial charge in [-0.2, -0.15) is 0 Å². The van der Waals surface area contributed by atoms with E-state index in [-0.39, 0.29) is 5.91 Å². The lowest BCUT2D eigenvalue weighted by molar-refractivity contribution is -0.138. The number of carbonyl (C=O) groups excluding carboxylic acids is 2. The summed E-state index contributed by atoms with van der Waals surface area (Å²) in [7, 11) is 0. The van der Waals surface area contributed by atoms with Crippen molar-refractivity contribution in [2.75, 3.05) is 11.9 Å². The number of hydrogen-bond acceptors (Lipinski definition) is 2. The van der Waals surface area contributed by atoms with Crippen molar-refractivity contribution in [2.45, 2.75) is 20.3 Å². The highest BCUT2D eigenvalue weighted by Gasteiger charge is 2.36. The first-order chi connectivity index (χ1) is 11.8. The highest BCUT2D eigenvalue weighted by molar-refractivity contribution is 6.35. The molecule has 2 aromatic carbocycles. The number of rotatable bonds is 6. The van der Waals surface area contributed by atoms with Crippen molar-refractivity contribution in [3.63, 3.8) is 0 Å². The van der Waals surface area contributed by atoms with Gasteiger partial charge in [0.05, 0.1) is 10.7 Å². The molecular weight excluding hydrogens is 359 g/mol. The van der Waals surface area contributed by atoms with E-state index < -0.39 is 11.3 Å². The van der Waals surface area contributed by atoms with Crippen LogP contribution in [0, 0.1) is 5.41 Å². The third kappa shape index (κ3) is 5.21. The van der Waals surface area contributed by atoms with Gasteiger partial charge in [-0.15, -0.1) is 0 Å². The standard InChI is InChI=1S/C19H20Cl2N2O2/c1-19(2,17(24)22-11-10-13-6-4-3-5-7-13)18(25)23-16-12-14(20)8-9-15(16)21/h3-9,12H,10-11H2,1-2H3,(H,22,24)(H,23,25). The SMILES string of the molecule is CC(C)(C(=O)NCCc1ccccc1)C(=O)Nc1cc(Cl)ccc1Cl. The fourth-order valence-electron chi connectivity index (χ4n) is 2.16. The molecule has 2 N–H and O–H groups in total. The molecule has 0 heterocycles. The van der Waals surface area contributed by atoms with Gasteiger partial charge < -0.3 is 10.6 Å². The molecule has 2 aromatic rings. The third-order valence-electron chi connectivity index (χ3n) is 3.85. The van der Waals surface area contributed by atoms with Gasteiger partial charge in [-0.05, 0) is 44.0 Å². The summed E-state index contributed by atoms with van der Waals surface area (Å²) in [6.45, 7) is 3.59. The molecule has 4 nitrogen and oxygen atoms in total. The molecule has 0 radical (unpaired) electrons. The Morgan fingerprint density at radius 2 is 1.68 bits per heavy atom. The van der Waals surface area contributed by atoms with Gasteiger partial charge in [0.1, 0.15) is 5.41 Å². The van der Waals surface area contributed by atoms with Crippen molar-refractivity contribution in [2.24, 2.45) is 5.41 Å². The fourth-order valence-corrected chi connectivity index (χ4v) is 2.50. The average Bonchev–Trinajstić information content (AvgIpc) is 2.58. The minimum atomic E-state index is -1.25. The Bertz CT molecular complexity index is 761. The normalized spacial score (nSPS) is 11.0. The van der Waals surface area contributed by atoms with E-state index in [0.717, 1.165) is 5.56 Å². The second-order valence-electron chi connectivity index (χ2n) is 6.19. The lowest BCUT2D eigenvalue weighted by Gasteiger charge is -2.23. The number of nitrogens with one attached hydrogen (secondary N) is 2. The van der Waals surface area contributed by atoms with Crippen molar-refractivity contribution in [1.29, 1.82) is 0 Å². The molecule has 0 aliphatic heterocycles. The molecule has 6 heteroatoms. The van der Waals surface area contributed by atoms with Crippen LogP contribution >= 0.6 is 23.2 Å². The van der Waals surface area contributed by atoms with Crippen LogP contribution in [0.1, 0.15) is 19.4 Å². The average molecular weight is 379 g/mol. The van der Waals surface area contributed by atoms with Crippen LogP contribution in [-0.2, 0) is 16.0 Å². The second kappa shape index (κ2) is 8.37. The van der Waals surface area contributed by atoms with E-state index in [1.54, 1.807) is 32.0 Å². The summed E-state index contributed by atoms with van der Waals surface area (Å²) in [5.41, 5.74) is 0.252. The predicted molar refractivity (Wildman–Crippen MR) is 102 cm³/mol. The first-order valence-electron chi connectivity index (χ1n) is 7.89. The summed E-state index contributed by atoms with van der Waals surface area (Å²) in [5.74, 6) is -0.798. The highest BCUT2D eigenvalue weighted by atomic mass is 35.5. The van der Waals surface area contributed by atoms with Gasteiger partial charge in [-0.3, -0.25) is 9.59 Å². The van der Waals surface area contributed by atoms with Gasteiger partial charge in [-0.25, -0.2) is 0 Å². The maximum atomic E-state index is 12.5. The molecule has 0 aliphatic rings. The summed E-state index contributed by atoms with van der Waals surface area (Å²) < 4.78 is 0. The summed E-state index contributed by atoms with van der Waals surface area (Å²) in [4.78, 5) is 24.9. The Kier molecular flexibility index (Phi) is 6.45. The highest BCUT2D eigenvalue weighted by Crippen LogP contribution is 2.27. The first kappa shape index (κ1) is 19.3. The van der Waals surface area contributed by atoms with Gasteiger partial charge in [0.15, 0.2) is 0 Å². The van der Waals surface area contributed by atoms with Crippen LogP contribution in [0.2, 0.25) is 10.0 Å². The summed E-state index contributed by atoms with van der Waals surface area (Å²) in [6, 6.07) is 14.6. The van der Waals surface area contributed by atoms with E-state index in [4.69, 9.17) is 23.2 Å². The maximum absolute atomic E-state index is 12.5. The van der Waals surface area contributed by atoms with E-state index in [1.807, 2.05) is 30.3 Å². The minimum Gasteiger partial charge on any atom is -0.355 e. The van der Waals surface area contributed by atoms with Crippen LogP contribution in [-0.4, -0.2) is 18.4 Å². The Hall–Kier alpha value is -2.04. The first-order valence-corrected chi connectivity index (χ1v) is 8.65. The molecule has 0 spiro atoms. The van der Waals surface area contributed by atoms with Crippen molar-refractivity contribution in [3.8, 4) is 0 Å². The summed E-state index contributed by atoms with van der Waals surface area (Å²) >= 11 is 12.0. The zero-order valence-corrected chi connectivity index (χ0v) is 15.6. The number of hydrogen-bond donors (Lipinski definition) is 2. The number of halogens is 2.